The van der Waals surface area contributed by atoms with Gasteiger partial charge in [0.15, 0.2) is 0 Å². The van der Waals surface area contributed by atoms with Gasteiger partial charge in [-0.15, -0.1) is 0 Å². The third kappa shape index (κ3) is 1.47. The molecule has 0 aliphatic carbocycles. The smallest absolute Gasteiger partial charge is 0.0927 e. The van der Waals surface area contributed by atoms with Crippen LogP contribution in [0.2, 0.25) is 0 Å². The Morgan fingerprint density at radius 2 is 1.77 bits per heavy atom. The number of aryl methyl sites for hydroxylation is 2. The van der Waals surface area contributed by atoms with Crippen LogP contribution in [0.1, 0.15) is 11.3 Å². The summed E-state index contributed by atoms with van der Waals surface area (Å²) in [6, 6.07) is 8.43. The number of hydrogen-bond acceptors (Lipinski definition) is 1. The van der Waals surface area contributed by atoms with Crippen LogP contribution in [0.25, 0.3) is 11.3 Å². The van der Waals surface area contributed by atoms with E-state index in [1.165, 1.54) is 11.1 Å². The van der Waals surface area contributed by atoms with Gasteiger partial charge in [-0.25, -0.2) is 4.98 Å². The average molecular weight is 172 g/mol. The zero-order valence-corrected chi connectivity index (χ0v) is 7.83. The lowest BCUT2D eigenvalue weighted by molar-refractivity contribution is 1.25. The fourth-order valence-corrected chi connectivity index (χ4v) is 1.38. The summed E-state index contributed by atoms with van der Waals surface area (Å²) in [4.78, 5) is 7.29. The third-order valence-electron chi connectivity index (χ3n) is 2.17. The maximum atomic E-state index is 4.16. The highest BCUT2D eigenvalue weighted by Gasteiger charge is 2.02. The summed E-state index contributed by atoms with van der Waals surface area (Å²) >= 11 is 0. The van der Waals surface area contributed by atoms with E-state index in [1.807, 2.05) is 6.92 Å². The minimum atomic E-state index is 1.05. The van der Waals surface area contributed by atoms with Crippen LogP contribution < -0.4 is 0 Å². The molecule has 0 fully saturated rings. The number of aromatic amines is 1. The number of nitrogens with one attached hydrogen (secondary N) is 1. The SMILES string of the molecule is Cc1ccc(-c2[nH]cnc2C)cc1. The quantitative estimate of drug-likeness (QED) is 0.704. The predicted molar refractivity (Wildman–Crippen MR) is 53.5 cm³/mol. The fraction of sp³-hybridized carbons (Fsp3) is 0.182. The first-order valence-electron chi connectivity index (χ1n) is 4.34. The zero-order chi connectivity index (χ0) is 9.26. The van der Waals surface area contributed by atoms with E-state index in [0.29, 0.717) is 0 Å². The minimum absolute atomic E-state index is 1.05. The van der Waals surface area contributed by atoms with Crippen molar-refractivity contribution in [2.45, 2.75) is 13.8 Å². The van der Waals surface area contributed by atoms with E-state index in [9.17, 15) is 0 Å². The van der Waals surface area contributed by atoms with Gasteiger partial charge in [-0.1, -0.05) is 29.8 Å². The van der Waals surface area contributed by atoms with Crippen LogP contribution in [-0.2, 0) is 0 Å². The second-order valence-corrected chi connectivity index (χ2v) is 3.23. The third-order valence-corrected chi connectivity index (χ3v) is 2.17. The van der Waals surface area contributed by atoms with Gasteiger partial charge < -0.3 is 4.98 Å². The number of rotatable bonds is 1. The van der Waals surface area contributed by atoms with Gasteiger partial charge >= 0.3 is 0 Å². The van der Waals surface area contributed by atoms with Gasteiger partial charge in [-0.05, 0) is 19.4 Å². The summed E-state index contributed by atoms with van der Waals surface area (Å²) < 4.78 is 0. The summed E-state index contributed by atoms with van der Waals surface area (Å²) in [7, 11) is 0. The van der Waals surface area contributed by atoms with Crippen molar-refractivity contribution in [1.82, 2.24) is 9.97 Å². The number of hydrogen-bond donors (Lipinski definition) is 1. The van der Waals surface area contributed by atoms with Crippen molar-refractivity contribution in [2.75, 3.05) is 0 Å². The van der Waals surface area contributed by atoms with Crippen molar-refractivity contribution >= 4 is 0 Å². The van der Waals surface area contributed by atoms with E-state index in [2.05, 4.69) is 41.2 Å². The maximum absolute atomic E-state index is 4.16. The normalized spacial score (nSPS) is 10.3. The van der Waals surface area contributed by atoms with Crippen LogP contribution in [0.3, 0.4) is 0 Å². The summed E-state index contributed by atoms with van der Waals surface area (Å²) in [5.74, 6) is 0. The van der Waals surface area contributed by atoms with Gasteiger partial charge in [-0.2, -0.15) is 0 Å². The highest BCUT2D eigenvalue weighted by atomic mass is 14.9. The second-order valence-electron chi connectivity index (χ2n) is 3.23. The molecule has 0 saturated carbocycles. The number of imidazole rings is 1. The van der Waals surface area contributed by atoms with Crippen LogP contribution in [0.15, 0.2) is 30.6 Å². The number of H-pyrrole nitrogens is 1. The zero-order valence-electron chi connectivity index (χ0n) is 7.83. The molecule has 1 heterocycles. The van der Waals surface area contributed by atoms with E-state index in [0.717, 1.165) is 11.4 Å². The van der Waals surface area contributed by atoms with E-state index in [1.54, 1.807) is 6.33 Å². The number of nitrogens with zero attached hydrogens (tertiary/aromatic N) is 1. The molecule has 2 rings (SSSR count). The maximum Gasteiger partial charge on any atom is 0.0927 e. The molecule has 0 spiro atoms. The summed E-state index contributed by atoms with van der Waals surface area (Å²) in [6.07, 6.45) is 1.73. The fourth-order valence-electron chi connectivity index (χ4n) is 1.38. The van der Waals surface area contributed by atoms with Crippen LogP contribution in [0.4, 0.5) is 0 Å². The highest BCUT2D eigenvalue weighted by Crippen LogP contribution is 2.19. The lowest BCUT2D eigenvalue weighted by Gasteiger charge is -1.99. The molecule has 1 aromatic carbocycles. The Kier molecular flexibility index (Phi) is 1.89. The van der Waals surface area contributed by atoms with E-state index in [-0.39, 0.29) is 0 Å². The van der Waals surface area contributed by atoms with Gasteiger partial charge in [0.25, 0.3) is 0 Å². The van der Waals surface area contributed by atoms with Crippen LogP contribution in [0.5, 0.6) is 0 Å². The largest absolute Gasteiger partial charge is 0.344 e. The lowest BCUT2D eigenvalue weighted by Crippen LogP contribution is -1.81. The van der Waals surface area contributed by atoms with Gasteiger partial charge in [-0.3, -0.25) is 0 Å². The van der Waals surface area contributed by atoms with Crippen molar-refractivity contribution in [3.05, 3.63) is 41.9 Å². The first-order chi connectivity index (χ1) is 6.27. The van der Waals surface area contributed by atoms with Crippen molar-refractivity contribution in [3.63, 3.8) is 0 Å². The van der Waals surface area contributed by atoms with E-state index >= 15 is 0 Å². The molecule has 0 unspecified atom stereocenters. The van der Waals surface area contributed by atoms with Crippen molar-refractivity contribution in [2.24, 2.45) is 0 Å². The molecule has 13 heavy (non-hydrogen) atoms. The highest BCUT2D eigenvalue weighted by molar-refractivity contribution is 5.61. The Bertz CT molecular complexity index is 398. The molecule has 0 radical (unpaired) electrons. The van der Waals surface area contributed by atoms with Crippen LogP contribution in [0, 0.1) is 13.8 Å². The van der Waals surface area contributed by atoms with E-state index in [4.69, 9.17) is 0 Å². The Morgan fingerprint density at radius 1 is 1.08 bits per heavy atom. The van der Waals surface area contributed by atoms with Gasteiger partial charge in [0, 0.05) is 0 Å². The van der Waals surface area contributed by atoms with Crippen molar-refractivity contribution < 1.29 is 0 Å². The summed E-state index contributed by atoms with van der Waals surface area (Å²) in [5.41, 5.74) is 4.63. The molecule has 2 aromatic rings. The topological polar surface area (TPSA) is 28.7 Å². The first-order valence-corrected chi connectivity index (χ1v) is 4.34. The lowest BCUT2D eigenvalue weighted by atomic mass is 10.1. The van der Waals surface area contributed by atoms with Crippen LogP contribution in [-0.4, -0.2) is 9.97 Å². The second kappa shape index (κ2) is 3.05. The van der Waals surface area contributed by atoms with Gasteiger partial charge in [0.2, 0.25) is 0 Å². The van der Waals surface area contributed by atoms with Gasteiger partial charge in [0.1, 0.15) is 0 Å². The molecule has 0 bridgehead atoms. The molecule has 0 amide bonds. The molecular formula is C11H12N2. The summed E-state index contributed by atoms with van der Waals surface area (Å²) in [5, 5.41) is 0. The monoisotopic (exact) mass is 172 g/mol. The standard InChI is InChI=1S/C11H12N2/c1-8-3-5-10(6-4-8)11-9(2)12-7-13-11/h3-7H,1-2H3,(H,12,13). The minimum Gasteiger partial charge on any atom is -0.344 e. The Labute approximate surface area is 77.6 Å². The number of benzene rings is 1. The molecule has 66 valence electrons. The molecule has 0 aliphatic heterocycles. The number of aromatic nitrogens is 2. The molecular weight excluding hydrogens is 160 g/mol. The van der Waals surface area contributed by atoms with Crippen LogP contribution >= 0.6 is 0 Å². The molecule has 1 N–H and O–H groups in total. The molecule has 0 aliphatic rings. The molecule has 2 nitrogen and oxygen atoms in total. The van der Waals surface area contributed by atoms with Crippen molar-refractivity contribution in [3.8, 4) is 11.3 Å². The van der Waals surface area contributed by atoms with Crippen molar-refractivity contribution in [1.29, 1.82) is 0 Å². The first kappa shape index (κ1) is 8.05. The molecule has 0 saturated heterocycles. The Balaban J connectivity index is 2.47. The Hall–Kier alpha value is -1.57. The van der Waals surface area contributed by atoms with E-state index < -0.39 is 0 Å². The van der Waals surface area contributed by atoms with Gasteiger partial charge in [0.05, 0.1) is 17.7 Å². The summed E-state index contributed by atoms with van der Waals surface area (Å²) in [6.45, 7) is 4.09. The average Bonchev–Trinajstić information content (AvgIpc) is 2.53. The molecule has 2 heteroatoms. The Morgan fingerprint density at radius 3 is 2.31 bits per heavy atom. The predicted octanol–water partition coefficient (Wildman–Crippen LogP) is 2.69. The molecule has 0 atom stereocenters. The molecule has 1 aromatic heterocycles.